The van der Waals surface area contributed by atoms with Gasteiger partial charge in [0.2, 0.25) is 0 Å². The van der Waals surface area contributed by atoms with Crippen molar-refractivity contribution in [2.45, 2.75) is 52.7 Å². The summed E-state index contributed by atoms with van der Waals surface area (Å²) in [7, 11) is 2.03. The quantitative estimate of drug-likeness (QED) is 0.717. The molecule has 0 aromatic rings. The smallest absolute Gasteiger partial charge is 0.0601 e. The predicted molar refractivity (Wildman–Crippen MR) is 61.2 cm³/mol. The average molecular weight is 202 g/mol. The van der Waals surface area contributed by atoms with Gasteiger partial charge in [-0.2, -0.15) is 0 Å². The molecule has 0 bridgehead atoms. The van der Waals surface area contributed by atoms with Gasteiger partial charge in [0.15, 0.2) is 0 Å². The molecule has 86 valence electrons. The first-order chi connectivity index (χ1) is 6.21. The fourth-order valence-corrected chi connectivity index (χ4v) is 1.56. The fraction of sp³-hybridized carbons (Fsp3) is 1.00. The van der Waals surface area contributed by atoms with Crippen molar-refractivity contribution in [1.29, 1.82) is 0 Å². The number of likely N-dealkylation sites (N-methyl/N-ethyl adjacent to an activating group) is 1. The van der Waals surface area contributed by atoms with Crippen LogP contribution in [-0.2, 0) is 0 Å². The Morgan fingerprint density at radius 2 is 1.71 bits per heavy atom. The van der Waals surface area contributed by atoms with Crippen LogP contribution in [-0.4, -0.2) is 41.8 Å². The van der Waals surface area contributed by atoms with Gasteiger partial charge in [-0.25, -0.2) is 0 Å². The molecule has 0 radical (unpaired) electrons. The van der Waals surface area contributed by atoms with Crippen LogP contribution in [0.2, 0.25) is 0 Å². The minimum Gasteiger partial charge on any atom is -0.395 e. The van der Waals surface area contributed by atoms with Gasteiger partial charge in [-0.05, 0) is 26.3 Å². The number of aliphatic hydroxyl groups is 1. The molecule has 0 spiro atoms. The number of hydrogen-bond acceptors (Lipinski definition) is 3. The molecule has 0 rings (SSSR count). The fourth-order valence-electron chi connectivity index (χ4n) is 1.56. The van der Waals surface area contributed by atoms with Gasteiger partial charge < -0.3 is 10.8 Å². The lowest BCUT2D eigenvalue weighted by Crippen LogP contribution is -2.53. The van der Waals surface area contributed by atoms with E-state index in [0.29, 0.717) is 6.04 Å². The van der Waals surface area contributed by atoms with Gasteiger partial charge >= 0.3 is 0 Å². The van der Waals surface area contributed by atoms with E-state index in [2.05, 4.69) is 32.6 Å². The molecule has 14 heavy (non-hydrogen) atoms. The lowest BCUT2D eigenvalue weighted by Gasteiger charge is -2.41. The Balaban J connectivity index is 4.50. The van der Waals surface area contributed by atoms with Crippen molar-refractivity contribution in [2.24, 2.45) is 11.1 Å². The summed E-state index contributed by atoms with van der Waals surface area (Å²) in [6, 6.07) is 0.435. The van der Waals surface area contributed by atoms with Crippen LogP contribution in [0, 0.1) is 5.41 Å². The summed E-state index contributed by atoms with van der Waals surface area (Å²) in [5, 5.41) is 9.26. The summed E-state index contributed by atoms with van der Waals surface area (Å²) >= 11 is 0. The van der Waals surface area contributed by atoms with E-state index >= 15 is 0 Å². The summed E-state index contributed by atoms with van der Waals surface area (Å²) in [6.45, 7) is 10.8. The minimum absolute atomic E-state index is 0.00481. The molecule has 0 aliphatic carbocycles. The van der Waals surface area contributed by atoms with E-state index in [1.807, 2.05) is 14.0 Å². The first-order valence-electron chi connectivity index (χ1n) is 5.30. The third-order valence-corrected chi connectivity index (χ3v) is 3.18. The highest BCUT2D eigenvalue weighted by atomic mass is 16.3. The Labute approximate surface area is 88.3 Å². The monoisotopic (exact) mass is 202 g/mol. The molecule has 3 nitrogen and oxygen atoms in total. The average Bonchev–Trinajstić information content (AvgIpc) is 2.01. The summed E-state index contributed by atoms with van der Waals surface area (Å²) < 4.78 is 0. The third kappa shape index (κ3) is 3.56. The van der Waals surface area contributed by atoms with Crippen molar-refractivity contribution in [3.63, 3.8) is 0 Å². The Kier molecular flexibility index (Phi) is 5.06. The molecule has 0 heterocycles. The van der Waals surface area contributed by atoms with Crippen molar-refractivity contribution >= 4 is 0 Å². The summed E-state index contributed by atoms with van der Waals surface area (Å²) in [6.07, 6.45) is 0. The Hall–Kier alpha value is -0.120. The zero-order chi connectivity index (χ0) is 11.5. The maximum atomic E-state index is 9.26. The SMILES string of the molecule is CC(N)C(CO)N(C)C(C)C(C)(C)C. The molecule has 0 aliphatic heterocycles. The van der Waals surface area contributed by atoms with E-state index in [4.69, 9.17) is 5.73 Å². The minimum atomic E-state index is -0.00481. The Bertz CT molecular complexity index is 161. The largest absolute Gasteiger partial charge is 0.395 e. The van der Waals surface area contributed by atoms with E-state index in [-0.39, 0.29) is 24.1 Å². The lowest BCUT2D eigenvalue weighted by molar-refractivity contribution is 0.0534. The zero-order valence-electron chi connectivity index (χ0n) is 10.4. The van der Waals surface area contributed by atoms with E-state index in [0.717, 1.165) is 0 Å². The number of hydrogen-bond donors (Lipinski definition) is 2. The molecule has 0 aromatic carbocycles. The van der Waals surface area contributed by atoms with E-state index in [1.165, 1.54) is 0 Å². The van der Waals surface area contributed by atoms with Crippen LogP contribution in [0.15, 0.2) is 0 Å². The normalized spacial score (nSPS) is 19.5. The summed E-state index contributed by atoms with van der Waals surface area (Å²) in [5.41, 5.74) is 6.03. The maximum absolute atomic E-state index is 9.26. The molecule has 0 saturated carbocycles. The first kappa shape index (κ1) is 13.9. The number of nitrogens with zero attached hydrogens (tertiary/aromatic N) is 1. The molecule has 0 fully saturated rings. The number of nitrogens with two attached hydrogens (primary N) is 1. The van der Waals surface area contributed by atoms with Gasteiger partial charge in [-0.15, -0.1) is 0 Å². The van der Waals surface area contributed by atoms with Crippen LogP contribution in [0.3, 0.4) is 0 Å². The van der Waals surface area contributed by atoms with Crippen molar-refractivity contribution in [3.8, 4) is 0 Å². The van der Waals surface area contributed by atoms with Crippen LogP contribution < -0.4 is 5.73 Å². The van der Waals surface area contributed by atoms with Crippen molar-refractivity contribution in [2.75, 3.05) is 13.7 Å². The highest BCUT2D eigenvalue weighted by Crippen LogP contribution is 2.24. The molecule has 0 saturated heterocycles. The summed E-state index contributed by atoms with van der Waals surface area (Å²) in [5.74, 6) is 0. The predicted octanol–water partition coefficient (Wildman–Crippen LogP) is 1.06. The van der Waals surface area contributed by atoms with E-state index < -0.39 is 0 Å². The van der Waals surface area contributed by atoms with Crippen molar-refractivity contribution < 1.29 is 5.11 Å². The molecule has 3 heteroatoms. The molecule has 3 N–H and O–H groups in total. The van der Waals surface area contributed by atoms with E-state index in [9.17, 15) is 5.11 Å². The topological polar surface area (TPSA) is 49.5 Å². The second-order valence-corrected chi connectivity index (χ2v) is 5.32. The molecule has 3 unspecified atom stereocenters. The van der Waals surface area contributed by atoms with Gasteiger partial charge in [0.1, 0.15) is 0 Å². The van der Waals surface area contributed by atoms with Crippen LogP contribution in [0.25, 0.3) is 0 Å². The Morgan fingerprint density at radius 1 is 1.29 bits per heavy atom. The second kappa shape index (κ2) is 5.10. The van der Waals surface area contributed by atoms with Gasteiger partial charge in [-0.3, -0.25) is 4.90 Å². The summed E-state index contributed by atoms with van der Waals surface area (Å²) in [4.78, 5) is 2.17. The van der Waals surface area contributed by atoms with Crippen LogP contribution in [0.5, 0.6) is 0 Å². The maximum Gasteiger partial charge on any atom is 0.0601 e. The highest BCUT2D eigenvalue weighted by molar-refractivity contribution is 4.85. The molecular formula is C11H26N2O. The van der Waals surface area contributed by atoms with Gasteiger partial charge in [0.05, 0.1) is 6.61 Å². The number of rotatable bonds is 4. The zero-order valence-corrected chi connectivity index (χ0v) is 10.4. The van der Waals surface area contributed by atoms with Crippen molar-refractivity contribution in [3.05, 3.63) is 0 Å². The van der Waals surface area contributed by atoms with Gasteiger partial charge in [0, 0.05) is 18.1 Å². The van der Waals surface area contributed by atoms with Gasteiger partial charge in [0.25, 0.3) is 0 Å². The molecule has 0 aliphatic rings. The van der Waals surface area contributed by atoms with E-state index in [1.54, 1.807) is 0 Å². The van der Waals surface area contributed by atoms with Crippen LogP contribution in [0.1, 0.15) is 34.6 Å². The Morgan fingerprint density at radius 3 is 1.93 bits per heavy atom. The molecule has 0 amide bonds. The molecular weight excluding hydrogens is 176 g/mol. The number of aliphatic hydroxyl groups excluding tert-OH is 1. The standard InChI is InChI=1S/C11H26N2O/c1-8(12)10(7-14)13(6)9(2)11(3,4)5/h8-10,14H,7,12H2,1-6H3. The lowest BCUT2D eigenvalue weighted by atomic mass is 9.86. The molecule has 3 atom stereocenters. The molecule has 0 aromatic heterocycles. The third-order valence-electron chi connectivity index (χ3n) is 3.18. The van der Waals surface area contributed by atoms with Crippen LogP contribution >= 0.6 is 0 Å². The first-order valence-corrected chi connectivity index (χ1v) is 5.30. The second-order valence-electron chi connectivity index (χ2n) is 5.32. The van der Waals surface area contributed by atoms with Crippen molar-refractivity contribution in [1.82, 2.24) is 4.90 Å². The highest BCUT2D eigenvalue weighted by Gasteiger charge is 2.29. The van der Waals surface area contributed by atoms with Gasteiger partial charge in [-0.1, -0.05) is 20.8 Å². The van der Waals surface area contributed by atoms with Crippen LogP contribution in [0.4, 0.5) is 0 Å².